The fraction of sp³-hybridized carbons (Fsp3) is 0.182. The molecule has 0 amide bonds. The van der Waals surface area contributed by atoms with Crippen LogP contribution in [0.1, 0.15) is 18.4 Å². The van der Waals surface area contributed by atoms with E-state index in [9.17, 15) is 0 Å². The Hall–Kier alpha value is -1.57. The number of rotatable bonds is 1. The first-order valence-electron chi connectivity index (χ1n) is 4.45. The topological polar surface area (TPSA) is 38.4 Å². The minimum atomic E-state index is 0.737. The predicted molar refractivity (Wildman–Crippen MR) is 55.3 cm³/mol. The molecule has 1 aromatic carbocycles. The van der Waals surface area contributed by atoms with Gasteiger partial charge in [-0.1, -0.05) is 36.4 Å². The van der Waals surface area contributed by atoms with E-state index in [1.54, 1.807) is 0 Å². The number of allylic oxidation sites excluding steroid dienone is 1. The zero-order chi connectivity index (χ0) is 9.10. The lowest BCUT2D eigenvalue weighted by atomic mass is 10.1. The van der Waals surface area contributed by atoms with Crippen LogP contribution < -0.4 is 5.73 Å². The van der Waals surface area contributed by atoms with Crippen LogP contribution in [0.3, 0.4) is 0 Å². The van der Waals surface area contributed by atoms with Crippen molar-refractivity contribution in [1.29, 1.82) is 0 Å². The van der Waals surface area contributed by atoms with Gasteiger partial charge in [0.25, 0.3) is 0 Å². The van der Waals surface area contributed by atoms with Gasteiger partial charge in [-0.05, 0) is 12.0 Å². The molecular formula is C11H12N2. The van der Waals surface area contributed by atoms with Crippen molar-refractivity contribution in [2.75, 3.05) is 0 Å². The van der Waals surface area contributed by atoms with Crippen LogP contribution in [0.2, 0.25) is 0 Å². The lowest BCUT2D eigenvalue weighted by Crippen LogP contribution is -2.13. The molecule has 2 rings (SSSR count). The molecule has 0 saturated heterocycles. The summed E-state index contributed by atoms with van der Waals surface area (Å²) >= 11 is 0. The number of nitrogens with two attached hydrogens (primary N) is 1. The fourth-order valence-electron chi connectivity index (χ4n) is 1.40. The number of hydrogen-bond acceptors (Lipinski definition) is 2. The Morgan fingerprint density at radius 1 is 1.15 bits per heavy atom. The first-order valence-corrected chi connectivity index (χ1v) is 4.45. The number of benzene rings is 1. The van der Waals surface area contributed by atoms with E-state index >= 15 is 0 Å². The molecule has 2 heteroatoms. The van der Waals surface area contributed by atoms with Crippen molar-refractivity contribution in [3.63, 3.8) is 0 Å². The van der Waals surface area contributed by atoms with Gasteiger partial charge in [-0.25, -0.2) is 4.99 Å². The van der Waals surface area contributed by atoms with E-state index in [0.29, 0.717) is 0 Å². The van der Waals surface area contributed by atoms with Crippen molar-refractivity contribution >= 4 is 11.5 Å². The highest BCUT2D eigenvalue weighted by Crippen LogP contribution is 2.19. The van der Waals surface area contributed by atoms with Gasteiger partial charge in [0.05, 0.1) is 11.5 Å². The molecule has 13 heavy (non-hydrogen) atoms. The highest BCUT2D eigenvalue weighted by Gasteiger charge is 2.04. The predicted octanol–water partition coefficient (Wildman–Crippen LogP) is 2.18. The van der Waals surface area contributed by atoms with Gasteiger partial charge in [0.1, 0.15) is 0 Å². The minimum Gasteiger partial charge on any atom is -0.387 e. The van der Waals surface area contributed by atoms with Crippen LogP contribution in [0.25, 0.3) is 5.70 Å². The lowest BCUT2D eigenvalue weighted by Gasteiger charge is -2.09. The molecule has 0 spiro atoms. The van der Waals surface area contributed by atoms with Gasteiger partial charge in [-0.2, -0.15) is 0 Å². The number of hydrogen-bond donors (Lipinski definition) is 1. The molecule has 0 unspecified atom stereocenters. The molecule has 0 saturated carbocycles. The highest BCUT2D eigenvalue weighted by atomic mass is 14.9. The van der Waals surface area contributed by atoms with Gasteiger partial charge in [0, 0.05) is 6.42 Å². The third-order valence-corrected chi connectivity index (χ3v) is 2.07. The van der Waals surface area contributed by atoms with Gasteiger partial charge >= 0.3 is 0 Å². The summed E-state index contributed by atoms with van der Waals surface area (Å²) in [5.41, 5.74) is 7.82. The summed E-state index contributed by atoms with van der Waals surface area (Å²) in [5.74, 6) is 0.737. The van der Waals surface area contributed by atoms with Gasteiger partial charge < -0.3 is 5.73 Å². The lowest BCUT2D eigenvalue weighted by molar-refractivity contribution is 1.05. The molecule has 1 heterocycles. The fourth-order valence-corrected chi connectivity index (χ4v) is 1.40. The third-order valence-electron chi connectivity index (χ3n) is 2.07. The Labute approximate surface area is 77.8 Å². The quantitative estimate of drug-likeness (QED) is 0.692. The SMILES string of the molecule is NC1=NC(c2ccccc2)=CCC1. The molecule has 2 N–H and O–H groups in total. The van der Waals surface area contributed by atoms with E-state index in [2.05, 4.69) is 11.1 Å². The normalized spacial score (nSPS) is 16.3. The number of aliphatic imine (C=N–C) groups is 1. The summed E-state index contributed by atoms with van der Waals surface area (Å²) in [6, 6.07) is 10.1. The van der Waals surface area contributed by atoms with E-state index in [1.165, 1.54) is 0 Å². The molecule has 1 aliphatic heterocycles. The van der Waals surface area contributed by atoms with E-state index < -0.39 is 0 Å². The second kappa shape index (κ2) is 3.44. The van der Waals surface area contributed by atoms with E-state index in [1.807, 2.05) is 30.3 Å². The molecule has 0 fully saturated rings. The second-order valence-electron chi connectivity index (χ2n) is 3.10. The summed E-state index contributed by atoms with van der Waals surface area (Å²) < 4.78 is 0. The summed E-state index contributed by atoms with van der Waals surface area (Å²) in [4.78, 5) is 4.31. The number of nitrogens with zero attached hydrogens (tertiary/aromatic N) is 1. The van der Waals surface area contributed by atoms with E-state index in [4.69, 9.17) is 5.73 Å². The first-order chi connectivity index (χ1) is 6.36. The summed E-state index contributed by atoms with van der Waals surface area (Å²) in [5, 5.41) is 0. The van der Waals surface area contributed by atoms with Crippen LogP contribution in [0.15, 0.2) is 41.4 Å². The van der Waals surface area contributed by atoms with E-state index in [0.717, 1.165) is 29.9 Å². The van der Waals surface area contributed by atoms with Crippen molar-refractivity contribution in [3.8, 4) is 0 Å². The van der Waals surface area contributed by atoms with Crippen LogP contribution >= 0.6 is 0 Å². The maximum Gasteiger partial charge on any atom is 0.0999 e. The highest BCUT2D eigenvalue weighted by molar-refractivity contribution is 5.88. The molecule has 0 radical (unpaired) electrons. The standard InChI is InChI=1S/C11H12N2/c12-11-8-4-7-10(13-11)9-5-2-1-3-6-9/h1-3,5-7H,4,8H2,(H2,12,13). The van der Waals surface area contributed by atoms with Gasteiger partial charge in [0.2, 0.25) is 0 Å². The van der Waals surface area contributed by atoms with Gasteiger partial charge in [-0.15, -0.1) is 0 Å². The monoisotopic (exact) mass is 172 g/mol. The largest absolute Gasteiger partial charge is 0.387 e. The molecule has 0 aliphatic carbocycles. The molecule has 0 bridgehead atoms. The van der Waals surface area contributed by atoms with Crippen molar-refractivity contribution in [2.24, 2.45) is 10.7 Å². The average Bonchev–Trinajstić information content (AvgIpc) is 2.19. The Bertz CT molecular complexity index is 350. The zero-order valence-corrected chi connectivity index (χ0v) is 7.40. The van der Waals surface area contributed by atoms with Crippen molar-refractivity contribution in [3.05, 3.63) is 42.0 Å². The molecule has 66 valence electrons. The molecule has 0 aromatic heterocycles. The summed E-state index contributed by atoms with van der Waals surface area (Å²) in [6.07, 6.45) is 4.02. The van der Waals surface area contributed by atoms with Crippen LogP contribution in [0.5, 0.6) is 0 Å². The maximum absolute atomic E-state index is 5.67. The molecule has 0 atom stereocenters. The van der Waals surface area contributed by atoms with Crippen molar-refractivity contribution in [2.45, 2.75) is 12.8 Å². The smallest absolute Gasteiger partial charge is 0.0999 e. The molecular weight excluding hydrogens is 160 g/mol. The Morgan fingerprint density at radius 3 is 2.62 bits per heavy atom. The zero-order valence-electron chi connectivity index (χ0n) is 7.40. The van der Waals surface area contributed by atoms with Crippen LogP contribution in [0, 0.1) is 0 Å². The van der Waals surface area contributed by atoms with Crippen molar-refractivity contribution in [1.82, 2.24) is 0 Å². The van der Waals surface area contributed by atoms with Crippen molar-refractivity contribution < 1.29 is 0 Å². The van der Waals surface area contributed by atoms with E-state index in [-0.39, 0.29) is 0 Å². The van der Waals surface area contributed by atoms with Crippen LogP contribution in [-0.2, 0) is 0 Å². The minimum absolute atomic E-state index is 0.737. The number of amidine groups is 1. The molecule has 2 nitrogen and oxygen atoms in total. The summed E-state index contributed by atoms with van der Waals surface area (Å²) in [7, 11) is 0. The Balaban J connectivity index is 2.33. The van der Waals surface area contributed by atoms with Crippen LogP contribution in [0.4, 0.5) is 0 Å². The average molecular weight is 172 g/mol. The Morgan fingerprint density at radius 2 is 1.92 bits per heavy atom. The second-order valence-corrected chi connectivity index (χ2v) is 3.10. The first kappa shape index (κ1) is 8.05. The maximum atomic E-state index is 5.67. The van der Waals surface area contributed by atoms with Crippen LogP contribution in [-0.4, -0.2) is 5.84 Å². The Kier molecular flexibility index (Phi) is 2.13. The third kappa shape index (κ3) is 1.78. The summed E-state index contributed by atoms with van der Waals surface area (Å²) in [6.45, 7) is 0. The van der Waals surface area contributed by atoms with Gasteiger partial charge in [-0.3, -0.25) is 0 Å². The molecule has 1 aliphatic rings. The molecule has 1 aromatic rings. The van der Waals surface area contributed by atoms with Gasteiger partial charge in [0.15, 0.2) is 0 Å².